The highest BCUT2D eigenvalue weighted by Gasteiger charge is 2.20. The van der Waals surface area contributed by atoms with E-state index in [4.69, 9.17) is 0 Å². The van der Waals surface area contributed by atoms with E-state index in [0.29, 0.717) is 0 Å². The van der Waals surface area contributed by atoms with Gasteiger partial charge < -0.3 is 10.2 Å². The molecule has 1 aliphatic rings. The van der Waals surface area contributed by atoms with Crippen molar-refractivity contribution in [2.24, 2.45) is 0 Å². The summed E-state index contributed by atoms with van der Waals surface area (Å²) in [4.78, 5) is 11.1. The Kier molecular flexibility index (Phi) is 4.93. The largest absolute Gasteiger partial charge is 0.358 e. The second kappa shape index (κ2) is 6.69. The fourth-order valence-electron chi connectivity index (χ4n) is 1.91. The lowest BCUT2D eigenvalue weighted by molar-refractivity contribution is 0.666. The van der Waals surface area contributed by atoms with Gasteiger partial charge in [-0.2, -0.15) is 0 Å². The molecule has 2 rings (SSSR count). The second-order valence-electron chi connectivity index (χ2n) is 5.15. The number of unbranched alkanes of at least 4 members (excludes halogenated alkanes) is 2. The SMILES string of the molecule is CCCCCN(C)c1cncc(CNC2CC2)n1. The molecule has 4 nitrogen and oxygen atoms in total. The molecule has 0 aliphatic heterocycles. The van der Waals surface area contributed by atoms with E-state index in [-0.39, 0.29) is 0 Å². The minimum atomic E-state index is 0.720. The van der Waals surface area contributed by atoms with Gasteiger partial charge in [-0.1, -0.05) is 19.8 Å². The van der Waals surface area contributed by atoms with Gasteiger partial charge in [0.15, 0.2) is 0 Å². The quantitative estimate of drug-likeness (QED) is 0.717. The fourth-order valence-corrected chi connectivity index (χ4v) is 1.91. The average molecular weight is 248 g/mol. The van der Waals surface area contributed by atoms with E-state index in [0.717, 1.165) is 30.6 Å². The van der Waals surface area contributed by atoms with Gasteiger partial charge in [0.05, 0.1) is 11.9 Å². The van der Waals surface area contributed by atoms with E-state index in [2.05, 4.69) is 34.2 Å². The number of nitrogens with one attached hydrogen (secondary N) is 1. The molecule has 0 amide bonds. The first kappa shape index (κ1) is 13.3. The molecule has 1 saturated carbocycles. The minimum Gasteiger partial charge on any atom is -0.358 e. The molecule has 1 aromatic rings. The van der Waals surface area contributed by atoms with Crippen LogP contribution in [-0.2, 0) is 6.54 Å². The van der Waals surface area contributed by atoms with Crippen molar-refractivity contribution in [3.05, 3.63) is 18.1 Å². The zero-order valence-electron chi connectivity index (χ0n) is 11.5. The van der Waals surface area contributed by atoms with Gasteiger partial charge in [-0.3, -0.25) is 4.98 Å². The van der Waals surface area contributed by atoms with Gasteiger partial charge in [-0.25, -0.2) is 4.98 Å². The van der Waals surface area contributed by atoms with E-state index < -0.39 is 0 Å². The van der Waals surface area contributed by atoms with Crippen LogP contribution in [0.3, 0.4) is 0 Å². The molecule has 1 aliphatic carbocycles. The molecule has 0 bridgehead atoms. The average Bonchev–Trinajstić information content (AvgIpc) is 3.21. The molecule has 0 radical (unpaired) electrons. The van der Waals surface area contributed by atoms with E-state index in [9.17, 15) is 0 Å². The summed E-state index contributed by atoms with van der Waals surface area (Å²) in [5.41, 5.74) is 1.04. The maximum atomic E-state index is 4.65. The number of hydrogen-bond donors (Lipinski definition) is 1. The van der Waals surface area contributed by atoms with Gasteiger partial charge in [0.25, 0.3) is 0 Å². The molecule has 100 valence electrons. The third kappa shape index (κ3) is 4.26. The number of rotatable bonds is 8. The standard InChI is InChI=1S/C14H24N4/c1-3-4-5-8-18(2)14-11-15-9-13(17-14)10-16-12-6-7-12/h9,11-12,16H,3-8,10H2,1-2H3. The Bertz CT molecular complexity index is 363. The second-order valence-corrected chi connectivity index (χ2v) is 5.15. The summed E-state index contributed by atoms with van der Waals surface area (Å²) in [6, 6.07) is 0.720. The Morgan fingerprint density at radius 1 is 1.33 bits per heavy atom. The summed E-state index contributed by atoms with van der Waals surface area (Å²) in [6.07, 6.45) is 10.1. The zero-order chi connectivity index (χ0) is 12.8. The Balaban J connectivity index is 1.84. The lowest BCUT2D eigenvalue weighted by atomic mass is 10.2. The molecule has 18 heavy (non-hydrogen) atoms. The van der Waals surface area contributed by atoms with E-state index in [1.807, 2.05) is 12.4 Å². The zero-order valence-corrected chi connectivity index (χ0v) is 11.5. The Hall–Kier alpha value is -1.16. The van der Waals surface area contributed by atoms with Crippen molar-refractivity contribution < 1.29 is 0 Å². The molecule has 1 fully saturated rings. The van der Waals surface area contributed by atoms with Gasteiger partial charge in [-0.15, -0.1) is 0 Å². The van der Waals surface area contributed by atoms with Crippen molar-refractivity contribution in [1.29, 1.82) is 0 Å². The van der Waals surface area contributed by atoms with Gasteiger partial charge in [-0.05, 0) is 19.3 Å². The summed E-state index contributed by atoms with van der Waals surface area (Å²) in [5.74, 6) is 0.987. The monoisotopic (exact) mass is 248 g/mol. The highest BCUT2D eigenvalue weighted by molar-refractivity contribution is 5.34. The topological polar surface area (TPSA) is 41.1 Å². The highest BCUT2D eigenvalue weighted by Crippen LogP contribution is 2.19. The van der Waals surface area contributed by atoms with Crippen LogP contribution in [0.1, 0.15) is 44.7 Å². The van der Waals surface area contributed by atoms with Gasteiger partial charge in [0.1, 0.15) is 5.82 Å². The van der Waals surface area contributed by atoms with Gasteiger partial charge >= 0.3 is 0 Å². The number of aromatic nitrogens is 2. The van der Waals surface area contributed by atoms with Crippen molar-refractivity contribution in [3.8, 4) is 0 Å². The van der Waals surface area contributed by atoms with Crippen LogP contribution in [0.15, 0.2) is 12.4 Å². The lowest BCUT2D eigenvalue weighted by Gasteiger charge is -2.18. The predicted molar refractivity (Wildman–Crippen MR) is 74.7 cm³/mol. The Labute approximate surface area is 110 Å². The van der Waals surface area contributed by atoms with Crippen molar-refractivity contribution in [3.63, 3.8) is 0 Å². The first-order valence-corrected chi connectivity index (χ1v) is 7.05. The fraction of sp³-hybridized carbons (Fsp3) is 0.714. The Morgan fingerprint density at radius 2 is 2.17 bits per heavy atom. The molecular weight excluding hydrogens is 224 g/mol. The molecule has 4 heteroatoms. The van der Waals surface area contributed by atoms with E-state index in [1.165, 1.54) is 32.1 Å². The first-order chi connectivity index (χ1) is 8.79. The van der Waals surface area contributed by atoms with E-state index >= 15 is 0 Å². The number of nitrogens with zero attached hydrogens (tertiary/aromatic N) is 3. The molecule has 0 atom stereocenters. The van der Waals surface area contributed by atoms with Crippen LogP contribution in [0.2, 0.25) is 0 Å². The third-order valence-electron chi connectivity index (χ3n) is 3.31. The molecule has 0 aromatic carbocycles. The van der Waals surface area contributed by atoms with Crippen LogP contribution in [-0.4, -0.2) is 29.6 Å². The third-order valence-corrected chi connectivity index (χ3v) is 3.31. The Morgan fingerprint density at radius 3 is 2.89 bits per heavy atom. The van der Waals surface area contributed by atoms with Gasteiger partial charge in [0, 0.05) is 32.4 Å². The summed E-state index contributed by atoms with van der Waals surface area (Å²) in [5, 5.41) is 3.47. The minimum absolute atomic E-state index is 0.720. The number of hydrogen-bond acceptors (Lipinski definition) is 4. The maximum Gasteiger partial charge on any atom is 0.147 e. The maximum absolute atomic E-state index is 4.65. The highest BCUT2D eigenvalue weighted by atomic mass is 15.2. The molecule has 1 aromatic heterocycles. The first-order valence-electron chi connectivity index (χ1n) is 7.05. The van der Waals surface area contributed by atoms with Crippen molar-refractivity contribution in [2.75, 3.05) is 18.5 Å². The number of anilines is 1. The molecule has 1 heterocycles. The van der Waals surface area contributed by atoms with E-state index in [1.54, 1.807) is 0 Å². The smallest absolute Gasteiger partial charge is 0.147 e. The normalized spacial score (nSPS) is 14.8. The molecule has 0 spiro atoms. The summed E-state index contributed by atoms with van der Waals surface area (Å²) in [6.45, 7) is 4.13. The lowest BCUT2D eigenvalue weighted by Crippen LogP contribution is -2.22. The molecule has 1 N–H and O–H groups in total. The van der Waals surface area contributed by atoms with Crippen LogP contribution < -0.4 is 10.2 Å². The van der Waals surface area contributed by atoms with Crippen LogP contribution in [0.25, 0.3) is 0 Å². The summed E-state index contributed by atoms with van der Waals surface area (Å²) >= 11 is 0. The van der Waals surface area contributed by atoms with Crippen LogP contribution in [0.5, 0.6) is 0 Å². The van der Waals surface area contributed by atoms with Gasteiger partial charge in [0.2, 0.25) is 0 Å². The van der Waals surface area contributed by atoms with Crippen LogP contribution >= 0.6 is 0 Å². The summed E-state index contributed by atoms with van der Waals surface area (Å²) in [7, 11) is 2.10. The van der Waals surface area contributed by atoms with Crippen LogP contribution in [0.4, 0.5) is 5.82 Å². The van der Waals surface area contributed by atoms with Crippen molar-refractivity contribution in [1.82, 2.24) is 15.3 Å². The van der Waals surface area contributed by atoms with Crippen molar-refractivity contribution in [2.45, 2.75) is 51.6 Å². The molecular formula is C14H24N4. The predicted octanol–water partition coefficient (Wildman–Crippen LogP) is 2.36. The summed E-state index contributed by atoms with van der Waals surface area (Å²) < 4.78 is 0. The molecule has 0 unspecified atom stereocenters. The molecule has 0 saturated heterocycles. The van der Waals surface area contributed by atoms with Crippen molar-refractivity contribution >= 4 is 5.82 Å². The van der Waals surface area contributed by atoms with Crippen LogP contribution in [0, 0.1) is 0 Å².